The summed E-state index contributed by atoms with van der Waals surface area (Å²) in [4.78, 5) is 16.4. The van der Waals surface area contributed by atoms with E-state index in [4.69, 9.17) is 10.5 Å². The van der Waals surface area contributed by atoms with E-state index in [1.807, 2.05) is 36.4 Å². The molecular weight excluding hydrogens is 316 g/mol. The number of fused-ring (bicyclic) bond motifs is 3. The number of nitrogens with zero attached hydrogens (tertiary/aromatic N) is 3. The van der Waals surface area contributed by atoms with Crippen LogP contribution in [0.15, 0.2) is 60.2 Å². The van der Waals surface area contributed by atoms with E-state index in [1.165, 1.54) is 6.92 Å². The molecule has 0 spiro atoms. The van der Waals surface area contributed by atoms with Crippen LogP contribution in [0.4, 0.5) is 0 Å². The van der Waals surface area contributed by atoms with Gasteiger partial charge in [-0.25, -0.2) is 0 Å². The zero-order valence-electron chi connectivity index (χ0n) is 13.4. The van der Waals surface area contributed by atoms with Gasteiger partial charge in [0.2, 0.25) is 11.8 Å². The summed E-state index contributed by atoms with van der Waals surface area (Å²) in [6.45, 7) is 1.49. The summed E-state index contributed by atoms with van der Waals surface area (Å²) in [6.07, 6.45) is 3.30. The molecule has 0 fully saturated rings. The van der Waals surface area contributed by atoms with Gasteiger partial charge in [-0.2, -0.15) is 5.26 Å². The molecule has 1 atom stereocenters. The lowest BCUT2D eigenvalue weighted by Gasteiger charge is -2.25. The molecule has 0 radical (unpaired) electrons. The second kappa shape index (κ2) is 5.49. The Balaban J connectivity index is 2.13. The average molecular weight is 330 g/mol. The minimum Gasteiger partial charge on any atom is -0.438 e. The van der Waals surface area contributed by atoms with E-state index < -0.39 is 5.92 Å². The molecule has 0 saturated carbocycles. The molecule has 0 saturated heterocycles. The third-order valence-electron chi connectivity index (χ3n) is 4.38. The van der Waals surface area contributed by atoms with Gasteiger partial charge in [0, 0.05) is 24.7 Å². The third-order valence-corrected chi connectivity index (χ3v) is 4.38. The van der Waals surface area contributed by atoms with Gasteiger partial charge in [0.05, 0.1) is 17.1 Å². The number of carbonyl (C=O) groups excluding carboxylic acids is 1. The highest BCUT2D eigenvalue weighted by Crippen LogP contribution is 2.47. The van der Waals surface area contributed by atoms with Crippen molar-refractivity contribution in [3.8, 4) is 11.8 Å². The predicted octanol–water partition coefficient (Wildman–Crippen LogP) is 2.91. The van der Waals surface area contributed by atoms with Gasteiger partial charge < -0.3 is 10.5 Å². The Hall–Kier alpha value is -3.59. The molecule has 1 aliphatic rings. The first-order chi connectivity index (χ1) is 12.1. The number of rotatable bonds is 1. The van der Waals surface area contributed by atoms with Crippen molar-refractivity contribution in [2.45, 2.75) is 12.8 Å². The molecule has 1 aromatic carbocycles. The molecular formula is C19H14N4O2. The smallest absolute Gasteiger partial charge is 0.228 e. The number of aromatic nitrogens is 2. The van der Waals surface area contributed by atoms with Crippen molar-refractivity contribution in [2.24, 2.45) is 5.73 Å². The van der Waals surface area contributed by atoms with Crippen LogP contribution in [0.2, 0.25) is 0 Å². The molecule has 0 aliphatic carbocycles. The van der Waals surface area contributed by atoms with Crippen LogP contribution in [0.3, 0.4) is 0 Å². The maximum atomic E-state index is 12.4. The number of carbonyl (C=O) groups is 1. The van der Waals surface area contributed by atoms with E-state index >= 15 is 0 Å². The second-order valence-electron chi connectivity index (χ2n) is 5.79. The van der Waals surface area contributed by atoms with Crippen molar-refractivity contribution in [3.05, 3.63) is 71.5 Å². The molecule has 25 heavy (non-hydrogen) atoms. The van der Waals surface area contributed by atoms with Crippen LogP contribution in [0.1, 0.15) is 28.9 Å². The first-order valence-corrected chi connectivity index (χ1v) is 7.75. The van der Waals surface area contributed by atoms with E-state index in [-0.39, 0.29) is 17.4 Å². The summed E-state index contributed by atoms with van der Waals surface area (Å²) < 4.78 is 7.37. The summed E-state index contributed by atoms with van der Waals surface area (Å²) in [5.41, 5.74) is 8.48. The maximum Gasteiger partial charge on any atom is 0.228 e. The molecule has 0 bridgehead atoms. The van der Waals surface area contributed by atoms with Gasteiger partial charge in [-0.15, -0.1) is 0 Å². The van der Waals surface area contributed by atoms with Crippen molar-refractivity contribution < 1.29 is 9.53 Å². The highest BCUT2D eigenvalue weighted by Gasteiger charge is 2.36. The normalized spacial score (nSPS) is 16.2. The predicted molar refractivity (Wildman–Crippen MR) is 91.8 cm³/mol. The van der Waals surface area contributed by atoms with Crippen LogP contribution < -0.4 is 10.5 Å². The van der Waals surface area contributed by atoms with Crippen molar-refractivity contribution in [1.29, 1.82) is 5.26 Å². The summed E-state index contributed by atoms with van der Waals surface area (Å²) in [6, 6.07) is 13.2. The SMILES string of the molecule is CC(=O)n1c2c(c3ccccc31)OC(N)=C(C#N)[C@H]2c1ccncc1. The summed E-state index contributed by atoms with van der Waals surface area (Å²) >= 11 is 0. The molecule has 3 heterocycles. The molecule has 6 heteroatoms. The standard InChI is InChI=1S/C19H14N4O2/c1-11(24)23-15-5-3-2-4-13(15)18-17(23)16(12-6-8-22-9-7-12)14(10-20)19(21)25-18/h2-9,16H,21H2,1H3/t16-/m1/s1. The number of para-hydroxylation sites is 1. The maximum absolute atomic E-state index is 12.4. The molecule has 0 unspecified atom stereocenters. The molecule has 6 nitrogen and oxygen atoms in total. The highest BCUT2D eigenvalue weighted by atomic mass is 16.5. The Morgan fingerprint density at radius 1 is 1.28 bits per heavy atom. The number of nitrogens with two attached hydrogens (primary N) is 1. The lowest BCUT2D eigenvalue weighted by atomic mass is 9.87. The van der Waals surface area contributed by atoms with Crippen LogP contribution in [0, 0.1) is 11.3 Å². The van der Waals surface area contributed by atoms with Crippen LogP contribution >= 0.6 is 0 Å². The van der Waals surface area contributed by atoms with Gasteiger partial charge in [-0.05, 0) is 29.8 Å². The second-order valence-corrected chi connectivity index (χ2v) is 5.79. The molecule has 3 aromatic rings. The Labute approximate surface area is 143 Å². The van der Waals surface area contributed by atoms with E-state index in [0.717, 1.165) is 16.5 Å². The van der Waals surface area contributed by atoms with Crippen LogP contribution in [-0.2, 0) is 0 Å². The molecule has 122 valence electrons. The monoisotopic (exact) mass is 330 g/mol. The first-order valence-electron chi connectivity index (χ1n) is 7.75. The topological polar surface area (TPSA) is 93.9 Å². The minimum absolute atomic E-state index is 0.0586. The Kier molecular flexibility index (Phi) is 3.29. The fourth-order valence-corrected chi connectivity index (χ4v) is 3.38. The van der Waals surface area contributed by atoms with Crippen molar-refractivity contribution in [3.63, 3.8) is 0 Å². The molecule has 1 aliphatic heterocycles. The summed E-state index contributed by atoms with van der Waals surface area (Å²) in [5, 5.41) is 10.4. The van der Waals surface area contributed by atoms with Gasteiger partial charge in [0.1, 0.15) is 11.6 Å². The van der Waals surface area contributed by atoms with Gasteiger partial charge in [-0.3, -0.25) is 14.3 Å². The number of allylic oxidation sites excluding steroid dienone is 1. The Bertz CT molecular complexity index is 1070. The fourth-order valence-electron chi connectivity index (χ4n) is 3.38. The fraction of sp³-hybridized carbons (Fsp3) is 0.105. The summed E-state index contributed by atoms with van der Waals surface area (Å²) in [5.74, 6) is -0.0710. The minimum atomic E-state index is -0.493. The summed E-state index contributed by atoms with van der Waals surface area (Å²) in [7, 11) is 0. The third kappa shape index (κ3) is 2.10. The Morgan fingerprint density at radius 2 is 2.00 bits per heavy atom. The largest absolute Gasteiger partial charge is 0.438 e. The van der Waals surface area contributed by atoms with Crippen molar-refractivity contribution in [1.82, 2.24) is 9.55 Å². The van der Waals surface area contributed by atoms with Crippen LogP contribution in [0.25, 0.3) is 10.9 Å². The van der Waals surface area contributed by atoms with Crippen molar-refractivity contribution >= 4 is 16.8 Å². The molecule has 2 aromatic heterocycles. The van der Waals surface area contributed by atoms with Crippen LogP contribution in [-0.4, -0.2) is 15.5 Å². The number of ether oxygens (including phenoxy) is 1. The lowest BCUT2D eigenvalue weighted by Crippen LogP contribution is -2.24. The molecule has 4 rings (SSSR count). The van der Waals surface area contributed by atoms with Crippen molar-refractivity contribution in [2.75, 3.05) is 0 Å². The van der Waals surface area contributed by atoms with Gasteiger partial charge in [0.15, 0.2) is 5.75 Å². The van der Waals surface area contributed by atoms with E-state index in [2.05, 4.69) is 11.1 Å². The van der Waals surface area contributed by atoms with E-state index in [0.29, 0.717) is 11.4 Å². The zero-order valence-corrected chi connectivity index (χ0v) is 13.4. The highest BCUT2D eigenvalue weighted by molar-refractivity contribution is 5.98. The quantitative estimate of drug-likeness (QED) is 0.740. The van der Waals surface area contributed by atoms with Gasteiger partial charge >= 0.3 is 0 Å². The van der Waals surface area contributed by atoms with E-state index in [1.54, 1.807) is 17.0 Å². The average Bonchev–Trinajstić information content (AvgIpc) is 2.95. The lowest BCUT2D eigenvalue weighted by molar-refractivity contribution is 0.0937. The number of hydrogen-bond acceptors (Lipinski definition) is 5. The molecule has 2 N–H and O–H groups in total. The zero-order chi connectivity index (χ0) is 17.6. The van der Waals surface area contributed by atoms with Gasteiger partial charge in [-0.1, -0.05) is 12.1 Å². The van der Waals surface area contributed by atoms with E-state index in [9.17, 15) is 10.1 Å². The van der Waals surface area contributed by atoms with Crippen LogP contribution in [0.5, 0.6) is 5.75 Å². The Morgan fingerprint density at radius 3 is 2.68 bits per heavy atom. The number of nitriles is 1. The molecule has 0 amide bonds. The van der Waals surface area contributed by atoms with Gasteiger partial charge in [0.25, 0.3) is 0 Å². The number of benzene rings is 1. The number of hydrogen-bond donors (Lipinski definition) is 1. The first kappa shape index (κ1) is 15.0. The number of pyridine rings is 1.